The van der Waals surface area contributed by atoms with Crippen molar-refractivity contribution in [2.75, 3.05) is 19.8 Å². The molecule has 1 aliphatic carbocycles. The molecular formula is C34H34N2O3. The Hall–Kier alpha value is -4.25. The van der Waals surface area contributed by atoms with E-state index in [1.165, 1.54) is 29.5 Å². The number of benzene rings is 3. The van der Waals surface area contributed by atoms with E-state index in [4.69, 9.17) is 9.47 Å². The number of allylic oxidation sites excluding steroid dienone is 2. The van der Waals surface area contributed by atoms with Gasteiger partial charge in [-0.1, -0.05) is 78.9 Å². The van der Waals surface area contributed by atoms with Crippen molar-refractivity contribution in [3.8, 4) is 5.75 Å². The molecule has 0 atom stereocenters. The first-order valence-electron chi connectivity index (χ1n) is 13.8. The lowest BCUT2D eigenvalue weighted by Gasteiger charge is -2.34. The zero-order chi connectivity index (χ0) is 26.7. The minimum Gasteiger partial charge on any atom is -0.491 e. The van der Waals surface area contributed by atoms with Crippen LogP contribution in [0.3, 0.4) is 0 Å². The van der Waals surface area contributed by atoms with Crippen LogP contribution in [0.4, 0.5) is 0 Å². The summed E-state index contributed by atoms with van der Waals surface area (Å²) < 4.78 is 13.4. The van der Waals surface area contributed by atoms with Gasteiger partial charge in [-0.2, -0.15) is 0 Å². The summed E-state index contributed by atoms with van der Waals surface area (Å²) in [6, 6.07) is 29.5. The summed E-state index contributed by atoms with van der Waals surface area (Å²) in [6.45, 7) is 3.77. The van der Waals surface area contributed by atoms with Crippen LogP contribution < -0.4 is 4.74 Å². The molecule has 1 aliphatic heterocycles. The zero-order valence-corrected chi connectivity index (χ0v) is 22.3. The molecule has 5 nitrogen and oxygen atoms in total. The third-order valence-electron chi connectivity index (χ3n) is 7.79. The van der Waals surface area contributed by atoms with Gasteiger partial charge in [0.1, 0.15) is 18.9 Å². The Morgan fingerprint density at radius 1 is 0.923 bits per heavy atom. The number of ether oxygens (including phenoxy) is 2. The van der Waals surface area contributed by atoms with Crippen LogP contribution >= 0.6 is 0 Å². The van der Waals surface area contributed by atoms with Gasteiger partial charge in [0.05, 0.1) is 24.2 Å². The molecular weight excluding hydrogens is 484 g/mol. The van der Waals surface area contributed by atoms with Gasteiger partial charge in [0.2, 0.25) is 0 Å². The van der Waals surface area contributed by atoms with Gasteiger partial charge in [0, 0.05) is 23.7 Å². The van der Waals surface area contributed by atoms with Crippen molar-refractivity contribution in [2.45, 2.75) is 37.8 Å². The van der Waals surface area contributed by atoms with Crippen molar-refractivity contribution in [3.05, 3.63) is 126 Å². The molecule has 3 aromatic carbocycles. The summed E-state index contributed by atoms with van der Waals surface area (Å²) in [4.78, 5) is 14.5. The molecule has 0 unspecified atom stereocenters. The fraction of sp³-hybridized carbons (Fsp3) is 0.265. The Balaban J connectivity index is 1.20. The van der Waals surface area contributed by atoms with Gasteiger partial charge in [0.15, 0.2) is 0 Å². The highest BCUT2D eigenvalue weighted by molar-refractivity contribution is 5.87. The molecule has 0 N–H and O–H groups in total. The van der Waals surface area contributed by atoms with Gasteiger partial charge in [-0.3, -0.25) is 4.79 Å². The minimum absolute atomic E-state index is 0.111. The summed E-state index contributed by atoms with van der Waals surface area (Å²) >= 11 is 0. The van der Waals surface area contributed by atoms with E-state index in [-0.39, 0.29) is 24.0 Å². The van der Waals surface area contributed by atoms with E-state index in [2.05, 4.69) is 83.9 Å². The van der Waals surface area contributed by atoms with Crippen molar-refractivity contribution in [2.24, 2.45) is 0 Å². The number of rotatable bonds is 10. The molecule has 0 saturated heterocycles. The standard InChI is InChI=1S/C34H34N2O3/c1-2-38-32(37)25-35-21-17-29-30(35)14-9-15-31(29)39-23-22-36-24-28(16-18-34(36)19-20-34)33(26-10-5-3-6-11-26)27-12-7-4-8-13-27/h3-18,21,24,33H,2,19-20,22-23,25H2,1H3. The molecule has 0 radical (unpaired) electrons. The van der Waals surface area contributed by atoms with Crippen LogP contribution in [0.15, 0.2) is 115 Å². The maximum atomic E-state index is 12.0. The molecule has 1 spiro atoms. The first kappa shape index (κ1) is 25.1. The number of carbonyl (C=O) groups is 1. The van der Waals surface area contributed by atoms with Gasteiger partial charge < -0.3 is 18.9 Å². The Bertz CT molecular complexity index is 1460. The van der Waals surface area contributed by atoms with Crippen LogP contribution in [-0.4, -0.2) is 40.7 Å². The second-order valence-corrected chi connectivity index (χ2v) is 10.3. The highest BCUT2D eigenvalue weighted by Crippen LogP contribution is 2.47. The quantitative estimate of drug-likeness (QED) is 0.219. The molecule has 1 saturated carbocycles. The molecule has 5 heteroatoms. The molecule has 0 amide bonds. The number of aromatic nitrogens is 1. The third-order valence-corrected chi connectivity index (χ3v) is 7.79. The van der Waals surface area contributed by atoms with Crippen molar-refractivity contribution in [3.63, 3.8) is 0 Å². The van der Waals surface area contributed by atoms with E-state index in [1.807, 2.05) is 42.0 Å². The number of nitrogens with zero attached hydrogens (tertiary/aromatic N) is 2. The van der Waals surface area contributed by atoms with E-state index in [1.54, 1.807) is 0 Å². The maximum absolute atomic E-state index is 12.0. The molecule has 2 heterocycles. The Kier molecular flexibility index (Phi) is 6.97. The topological polar surface area (TPSA) is 43.7 Å². The van der Waals surface area contributed by atoms with Gasteiger partial charge >= 0.3 is 5.97 Å². The van der Waals surface area contributed by atoms with Crippen LogP contribution in [-0.2, 0) is 16.1 Å². The number of esters is 1. The van der Waals surface area contributed by atoms with Gasteiger partial charge in [-0.15, -0.1) is 0 Å². The van der Waals surface area contributed by atoms with E-state index in [0.717, 1.165) is 23.2 Å². The lowest BCUT2D eigenvalue weighted by molar-refractivity contribution is -0.143. The van der Waals surface area contributed by atoms with Crippen LogP contribution in [0, 0.1) is 0 Å². The van der Waals surface area contributed by atoms with E-state index in [0.29, 0.717) is 13.2 Å². The van der Waals surface area contributed by atoms with Gasteiger partial charge in [-0.05, 0) is 54.7 Å². The highest BCUT2D eigenvalue weighted by atomic mass is 16.5. The minimum atomic E-state index is -0.235. The molecule has 198 valence electrons. The Labute approximate surface area is 230 Å². The summed E-state index contributed by atoms with van der Waals surface area (Å²) in [5, 5.41) is 1.01. The predicted molar refractivity (Wildman–Crippen MR) is 155 cm³/mol. The van der Waals surface area contributed by atoms with Crippen molar-refractivity contribution < 1.29 is 14.3 Å². The first-order valence-corrected chi connectivity index (χ1v) is 13.8. The summed E-state index contributed by atoms with van der Waals surface area (Å²) in [5.41, 5.74) is 4.96. The van der Waals surface area contributed by atoms with Crippen LogP contribution in [0.2, 0.25) is 0 Å². The number of fused-ring (bicyclic) bond motifs is 1. The molecule has 2 aliphatic rings. The molecule has 6 rings (SSSR count). The van der Waals surface area contributed by atoms with E-state index >= 15 is 0 Å². The fourth-order valence-corrected chi connectivity index (χ4v) is 5.67. The first-order chi connectivity index (χ1) is 19.2. The molecule has 0 bridgehead atoms. The lowest BCUT2D eigenvalue weighted by atomic mass is 9.83. The van der Waals surface area contributed by atoms with Crippen molar-refractivity contribution in [1.82, 2.24) is 9.47 Å². The molecule has 4 aromatic rings. The molecule has 1 aromatic heterocycles. The summed E-state index contributed by atoms with van der Waals surface area (Å²) in [5.74, 6) is 0.778. The largest absolute Gasteiger partial charge is 0.491 e. The van der Waals surface area contributed by atoms with E-state index in [9.17, 15) is 4.79 Å². The van der Waals surface area contributed by atoms with Gasteiger partial charge in [-0.25, -0.2) is 0 Å². The second-order valence-electron chi connectivity index (χ2n) is 10.3. The van der Waals surface area contributed by atoms with E-state index < -0.39 is 0 Å². The number of carbonyl (C=O) groups excluding carboxylic acids is 1. The SMILES string of the molecule is CCOC(=O)Cn1ccc2c(OCCN3C=C(C(c4ccccc4)c4ccccc4)C=CC34CC4)cccc21. The van der Waals surface area contributed by atoms with Crippen LogP contribution in [0.25, 0.3) is 10.9 Å². The Morgan fingerprint density at radius 2 is 1.64 bits per heavy atom. The van der Waals surface area contributed by atoms with Crippen molar-refractivity contribution >= 4 is 16.9 Å². The van der Waals surface area contributed by atoms with Crippen LogP contribution in [0.1, 0.15) is 36.8 Å². The maximum Gasteiger partial charge on any atom is 0.325 e. The van der Waals surface area contributed by atoms with Crippen molar-refractivity contribution in [1.29, 1.82) is 0 Å². The average Bonchev–Trinajstić information content (AvgIpc) is 3.63. The summed E-state index contributed by atoms with van der Waals surface area (Å²) in [6.07, 6.45) is 11.4. The molecule has 1 fully saturated rings. The zero-order valence-electron chi connectivity index (χ0n) is 22.3. The van der Waals surface area contributed by atoms with Gasteiger partial charge in [0.25, 0.3) is 0 Å². The monoisotopic (exact) mass is 518 g/mol. The smallest absolute Gasteiger partial charge is 0.325 e. The lowest BCUT2D eigenvalue weighted by Crippen LogP contribution is -2.37. The number of hydrogen-bond acceptors (Lipinski definition) is 4. The summed E-state index contributed by atoms with van der Waals surface area (Å²) in [7, 11) is 0. The molecule has 39 heavy (non-hydrogen) atoms. The fourth-order valence-electron chi connectivity index (χ4n) is 5.67. The second kappa shape index (κ2) is 10.9. The third kappa shape index (κ3) is 5.22. The highest BCUT2D eigenvalue weighted by Gasteiger charge is 2.46. The Morgan fingerprint density at radius 3 is 2.31 bits per heavy atom. The average molecular weight is 519 g/mol. The predicted octanol–water partition coefficient (Wildman–Crippen LogP) is 6.70. The number of hydrogen-bond donors (Lipinski definition) is 0. The van der Waals surface area contributed by atoms with Crippen LogP contribution in [0.5, 0.6) is 5.75 Å². The normalized spacial score (nSPS) is 15.5.